The van der Waals surface area contributed by atoms with Crippen LogP contribution in [0.3, 0.4) is 0 Å². The number of piperazine rings is 2. The Morgan fingerprint density at radius 1 is 0.750 bits per heavy atom. The van der Waals surface area contributed by atoms with Crippen molar-refractivity contribution in [2.75, 3.05) is 93.8 Å². The van der Waals surface area contributed by atoms with Gasteiger partial charge in [0.15, 0.2) is 45.0 Å². The number of anilines is 4. The van der Waals surface area contributed by atoms with Crippen molar-refractivity contribution >= 4 is 66.5 Å². The second kappa shape index (κ2) is 20.5. The highest BCUT2D eigenvalue weighted by atomic mass is 35.5. The molecule has 3 aromatic heterocycles. The quantitative estimate of drug-likeness (QED) is 0.169. The van der Waals surface area contributed by atoms with E-state index in [4.69, 9.17) is 39.1 Å². The maximum absolute atomic E-state index is 11.8. The molecular weight excluding hydrogens is 813 g/mol. The minimum atomic E-state index is -0.650. The van der Waals surface area contributed by atoms with Gasteiger partial charge in [0.2, 0.25) is 5.89 Å². The third-order valence-corrected chi connectivity index (χ3v) is 12.9. The number of carbonyl (C=O) groups excluding carboxylic acids is 1. The van der Waals surface area contributed by atoms with Crippen LogP contribution >= 0.6 is 23.2 Å². The van der Waals surface area contributed by atoms with Crippen molar-refractivity contribution in [2.24, 2.45) is 0 Å². The number of aryl methyl sites for hydroxylation is 1. The van der Waals surface area contributed by atoms with E-state index in [0.717, 1.165) is 104 Å². The van der Waals surface area contributed by atoms with E-state index in [1.54, 1.807) is 6.92 Å². The normalized spacial score (nSPS) is 21.8. The lowest BCUT2D eigenvalue weighted by molar-refractivity contribution is 0.0594. The summed E-state index contributed by atoms with van der Waals surface area (Å²) in [7, 11) is 0.515. The van der Waals surface area contributed by atoms with Crippen LogP contribution in [0, 0.1) is 6.92 Å². The number of esters is 1. The van der Waals surface area contributed by atoms with E-state index in [-0.39, 0.29) is 47.6 Å². The molecule has 0 saturated carbocycles. The Kier molecular flexibility index (Phi) is 15.7. The molecular formula is C37H60B2Cl2N14O5. The number of ether oxygens (including phenoxy) is 1. The van der Waals surface area contributed by atoms with Gasteiger partial charge in [0.1, 0.15) is 0 Å². The summed E-state index contributed by atoms with van der Waals surface area (Å²) in [6, 6.07) is 1.82. The minimum absolute atomic E-state index is 0.0252. The zero-order valence-corrected chi connectivity index (χ0v) is 37.2. The molecule has 2 atom stereocenters. The van der Waals surface area contributed by atoms with Crippen LogP contribution in [0.1, 0.15) is 68.8 Å². The van der Waals surface area contributed by atoms with Crippen LogP contribution in [0.2, 0.25) is 24.0 Å². The number of halogens is 2. The molecule has 60 heavy (non-hydrogen) atoms. The fraction of sp³-hybridized carbons (Fsp3) is 0.703. The first-order chi connectivity index (χ1) is 28.7. The Balaban J connectivity index is 0.000000202. The molecule has 4 aliphatic heterocycles. The maximum atomic E-state index is 11.8. The molecule has 6 N–H and O–H groups in total. The topological polar surface area (TPSA) is 229 Å². The summed E-state index contributed by atoms with van der Waals surface area (Å²) in [5.41, 5.74) is 12.3. The number of nitrogens with two attached hydrogens (primary N) is 2. The van der Waals surface area contributed by atoms with Crippen molar-refractivity contribution in [2.45, 2.75) is 97.1 Å². The molecule has 0 spiro atoms. The molecule has 4 fully saturated rings. The van der Waals surface area contributed by atoms with Crippen molar-refractivity contribution in [1.29, 1.82) is 0 Å². The first-order valence-corrected chi connectivity index (χ1v) is 21.9. The van der Waals surface area contributed by atoms with Gasteiger partial charge in [-0.25, -0.2) is 24.7 Å². The molecule has 0 aromatic carbocycles. The summed E-state index contributed by atoms with van der Waals surface area (Å²) < 4.78 is 10.1. The average molecular weight is 874 g/mol. The second-order valence-electron chi connectivity index (χ2n) is 16.1. The van der Waals surface area contributed by atoms with Crippen molar-refractivity contribution in [3.63, 3.8) is 0 Å². The Hall–Kier alpha value is -3.56. The van der Waals surface area contributed by atoms with Gasteiger partial charge < -0.3 is 50.1 Å². The van der Waals surface area contributed by atoms with E-state index in [1.807, 2.05) is 13.6 Å². The van der Waals surface area contributed by atoms with Gasteiger partial charge in [-0.05, 0) is 78.4 Å². The fourth-order valence-electron chi connectivity index (χ4n) is 9.03. The molecule has 328 valence electrons. The standard InChI is InChI=1S/C19H30BClN8O2.C18H30BClN6O3/c1-4-13-11-27(9-10-29(13)14-5-7-28(8-6-14)20(3)30)18-16(21)23-15(17(22)24-18)19-26-25-12(2)31-19;1-4-12-11-24(17-15(20)22-14(16(21)23-17)18(27)29-3)9-10-26(12)13-5-7-25(8-6-13)19(2)28/h13-14,30H,4-11H2,1-3H3,(H2,22,24);12-13,28H,4-11H2,1-3H3,(H2,21,23)/t13-;12-/m00/s1. The number of hydrogen-bond donors (Lipinski definition) is 4. The molecule has 0 amide bonds. The highest BCUT2D eigenvalue weighted by Gasteiger charge is 2.37. The third-order valence-electron chi connectivity index (χ3n) is 12.4. The van der Waals surface area contributed by atoms with Crippen molar-refractivity contribution in [3.8, 4) is 11.6 Å². The highest BCUT2D eigenvalue weighted by Crippen LogP contribution is 2.33. The molecule has 19 nitrogen and oxygen atoms in total. The largest absolute Gasteiger partial charge is 0.464 e. The number of piperidine rings is 2. The summed E-state index contributed by atoms with van der Waals surface area (Å²) in [4.78, 5) is 42.9. The maximum Gasteiger partial charge on any atom is 0.376 e. The summed E-state index contributed by atoms with van der Waals surface area (Å²) in [6.07, 6.45) is 6.31. The van der Waals surface area contributed by atoms with Crippen molar-refractivity contribution in [3.05, 3.63) is 21.9 Å². The molecule has 3 aromatic rings. The first kappa shape index (κ1) is 46.0. The highest BCUT2D eigenvalue weighted by molar-refractivity contribution is 6.45. The van der Waals surface area contributed by atoms with Crippen LogP contribution in [-0.2, 0) is 4.74 Å². The molecule has 0 bridgehead atoms. The summed E-state index contributed by atoms with van der Waals surface area (Å²) in [6.45, 7) is 18.5. The van der Waals surface area contributed by atoms with Gasteiger partial charge in [-0.15, -0.1) is 10.2 Å². The Morgan fingerprint density at radius 2 is 1.22 bits per heavy atom. The van der Waals surface area contributed by atoms with Gasteiger partial charge in [-0.1, -0.05) is 37.0 Å². The number of hydrogen-bond acceptors (Lipinski definition) is 19. The van der Waals surface area contributed by atoms with Gasteiger partial charge in [0.25, 0.3) is 5.89 Å². The summed E-state index contributed by atoms with van der Waals surface area (Å²) in [5.74, 6) is 1.36. The predicted molar refractivity (Wildman–Crippen MR) is 235 cm³/mol. The fourth-order valence-corrected chi connectivity index (χ4v) is 9.52. The van der Waals surface area contributed by atoms with E-state index in [1.165, 1.54) is 7.11 Å². The van der Waals surface area contributed by atoms with Crippen LogP contribution < -0.4 is 21.3 Å². The van der Waals surface area contributed by atoms with E-state index in [0.29, 0.717) is 47.4 Å². The van der Waals surface area contributed by atoms with E-state index >= 15 is 0 Å². The molecule has 4 saturated heterocycles. The molecule has 0 unspecified atom stereocenters. The zero-order chi connectivity index (χ0) is 43.2. The Labute approximate surface area is 363 Å². The Bertz CT molecular complexity index is 1900. The van der Waals surface area contributed by atoms with Gasteiger partial charge in [-0.2, -0.15) is 0 Å². The van der Waals surface area contributed by atoms with Gasteiger partial charge >= 0.3 is 20.1 Å². The molecule has 4 aliphatic rings. The molecule has 7 rings (SSSR count). The third kappa shape index (κ3) is 10.5. The number of carbonyl (C=O) groups is 1. The molecule has 0 aliphatic carbocycles. The molecule has 0 radical (unpaired) electrons. The number of rotatable bonds is 10. The average Bonchev–Trinajstić information content (AvgIpc) is 3.70. The van der Waals surface area contributed by atoms with Crippen LogP contribution in [0.25, 0.3) is 11.6 Å². The van der Waals surface area contributed by atoms with Gasteiger partial charge in [0, 0.05) is 70.4 Å². The van der Waals surface area contributed by atoms with E-state index in [9.17, 15) is 14.8 Å². The van der Waals surface area contributed by atoms with Crippen molar-refractivity contribution in [1.82, 2.24) is 49.6 Å². The smallest absolute Gasteiger partial charge is 0.376 e. The summed E-state index contributed by atoms with van der Waals surface area (Å²) in [5, 5.41) is 27.9. The lowest BCUT2D eigenvalue weighted by Crippen LogP contribution is -2.59. The van der Waals surface area contributed by atoms with Gasteiger partial charge in [-0.3, -0.25) is 9.80 Å². The van der Waals surface area contributed by atoms with Crippen LogP contribution in [0.15, 0.2) is 4.42 Å². The lowest BCUT2D eigenvalue weighted by atomic mass is 9.82. The number of nitrogen functional groups attached to an aromatic ring is 2. The van der Waals surface area contributed by atoms with Gasteiger partial charge in [0.05, 0.1) is 7.11 Å². The van der Waals surface area contributed by atoms with Crippen LogP contribution in [0.4, 0.5) is 23.3 Å². The zero-order valence-electron chi connectivity index (χ0n) is 35.7. The van der Waals surface area contributed by atoms with E-state index < -0.39 is 5.97 Å². The van der Waals surface area contributed by atoms with Crippen LogP contribution in [0.5, 0.6) is 0 Å². The monoisotopic (exact) mass is 872 g/mol. The summed E-state index contributed by atoms with van der Waals surface area (Å²) >= 11 is 12.8. The number of aromatic nitrogens is 6. The van der Waals surface area contributed by atoms with E-state index in [2.05, 4.69) is 77.9 Å². The second-order valence-corrected chi connectivity index (χ2v) is 16.8. The molecule has 7 heterocycles. The first-order valence-electron chi connectivity index (χ1n) is 21.1. The SMILES string of the molecule is CC[C@H]1CN(c2nc(N)c(-c3nnc(C)o3)nc2Cl)CCN1C1CCN(B(C)O)CC1.CC[C@H]1CN(c2nc(N)c(C(=O)OC)nc2Cl)CCN1C1CCN(B(C)O)CC1. The van der Waals surface area contributed by atoms with Crippen LogP contribution in [-0.4, -0.2) is 176 Å². The molecule has 23 heteroatoms. The van der Waals surface area contributed by atoms with Crippen molar-refractivity contribution < 1.29 is 24.0 Å². The minimum Gasteiger partial charge on any atom is -0.464 e. The predicted octanol–water partition coefficient (Wildman–Crippen LogP) is 2.52. The lowest BCUT2D eigenvalue weighted by Gasteiger charge is -2.48. The number of methoxy groups -OCH3 is 1. The Morgan fingerprint density at radius 3 is 1.63 bits per heavy atom. The number of nitrogens with zero attached hydrogens (tertiary/aromatic N) is 12.